The third kappa shape index (κ3) is 3.14. The van der Waals surface area contributed by atoms with Crippen molar-refractivity contribution in [2.45, 2.75) is 25.3 Å². The van der Waals surface area contributed by atoms with Crippen LogP contribution in [0.2, 0.25) is 0 Å². The van der Waals surface area contributed by atoms with Crippen molar-refractivity contribution in [3.63, 3.8) is 0 Å². The van der Waals surface area contributed by atoms with Gasteiger partial charge in [-0.25, -0.2) is 0 Å². The summed E-state index contributed by atoms with van der Waals surface area (Å²) < 4.78 is 5.28. The highest BCUT2D eigenvalue weighted by molar-refractivity contribution is 5.90. The maximum atomic E-state index is 5.28. The van der Waals surface area contributed by atoms with Crippen molar-refractivity contribution >= 4 is 10.8 Å². The molecule has 25 heavy (non-hydrogen) atoms. The molecule has 1 heterocycles. The quantitative estimate of drug-likeness (QED) is 0.613. The average Bonchev–Trinajstić information content (AvgIpc) is 2.68. The summed E-state index contributed by atoms with van der Waals surface area (Å²) in [5, 5.41) is 2.71. The van der Waals surface area contributed by atoms with Gasteiger partial charge in [0.1, 0.15) is 5.75 Å². The second-order valence-electron chi connectivity index (χ2n) is 7.00. The van der Waals surface area contributed by atoms with Crippen molar-refractivity contribution in [1.29, 1.82) is 0 Å². The number of fused-ring (bicyclic) bond motifs is 1. The Morgan fingerprint density at radius 3 is 2.48 bits per heavy atom. The molecule has 0 aliphatic carbocycles. The van der Waals surface area contributed by atoms with Crippen LogP contribution in [0.3, 0.4) is 0 Å². The van der Waals surface area contributed by atoms with E-state index in [4.69, 9.17) is 4.74 Å². The minimum Gasteiger partial charge on any atom is -0.497 e. The number of nitrogens with zero attached hydrogens (tertiary/aromatic N) is 1. The minimum absolute atomic E-state index is 0.531. The lowest BCUT2D eigenvalue weighted by Crippen LogP contribution is -2.29. The smallest absolute Gasteiger partial charge is 0.118 e. The highest BCUT2D eigenvalue weighted by Gasteiger charge is 2.22. The maximum Gasteiger partial charge on any atom is 0.118 e. The number of hydrogen-bond donors (Lipinski definition) is 0. The third-order valence-corrected chi connectivity index (χ3v) is 5.47. The van der Waals surface area contributed by atoms with Crippen LogP contribution in [-0.2, 0) is 0 Å². The van der Waals surface area contributed by atoms with E-state index in [0.29, 0.717) is 6.04 Å². The van der Waals surface area contributed by atoms with Gasteiger partial charge in [-0.05, 0) is 72.1 Å². The largest absolute Gasteiger partial charge is 0.497 e. The molecule has 1 aliphatic rings. The summed E-state index contributed by atoms with van der Waals surface area (Å²) in [5.41, 5.74) is 3.96. The summed E-state index contributed by atoms with van der Waals surface area (Å²) in [7, 11) is 3.97. The molecule has 2 nitrogen and oxygen atoms in total. The standard InChI is InChI=1S/C23H25NO/c1-24-15-4-3-8-23(24)21-7-5-6-18-9-10-19(16-22(18)21)17-11-13-20(25-2)14-12-17/h5-7,9-14,16,23H,3-4,8,15H2,1-2H3. The van der Waals surface area contributed by atoms with Gasteiger partial charge in [-0.1, -0.05) is 48.9 Å². The highest BCUT2D eigenvalue weighted by atomic mass is 16.5. The lowest BCUT2D eigenvalue weighted by Gasteiger charge is -2.33. The molecule has 0 amide bonds. The first-order chi connectivity index (χ1) is 12.3. The van der Waals surface area contributed by atoms with Crippen LogP contribution in [0, 0.1) is 0 Å². The van der Waals surface area contributed by atoms with Crippen molar-refractivity contribution in [2.24, 2.45) is 0 Å². The van der Waals surface area contributed by atoms with E-state index in [1.807, 2.05) is 12.1 Å². The van der Waals surface area contributed by atoms with Gasteiger partial charge in [0.05, 0.1) is 7.11 Å². The van der Waals surface area contributed by atoms with Gasteiger partial charge < -0.3 is 4.74 Å². The summed E-state index contributed by atoms with van der Waals surface area (Å²) >= 11 is 0. The monoisotopic (exact) mass is 331 g/mol. The van der Waals surface area contributed by atoms with E-state index in [-0.39, 0.29) is 0 Å². The van der Waals surface area contributed by atoms with Gasteiger partial charge in [-0.15, -0.1) is 0 Å². The topological polar surface area (TPSA) is 12.5 Å². The number of likely N-dealkylation sites (tertiary alicyclic amines) is 1. The average molecular weight is 331 g/mol. The fourth-order valence-corrected chi connectivity index (χ4v) is 4.02. The second-order valence-corrected chi connectivity index (χ2v) is 7.00. The summed E-state index contributed by atoms with van der Waals surface area (Å²) in [6.45, 7) is 1.19. The highest BCUT2D eigenvalue weighted by Crippen LogP contribution is 2.36. The van der Waals surface area contributed by atoms with Crippen molar-refractivity contribution in [1.82, 2.24) is 4.90 Å². The molecular formula is C23H25NO. The number of piperidine rings is 1. The van der Waals surface area contributed by atoms with Crippen molar-refractivity contribution in [3.8, 4) is 16.9 Å². The predicted molar refractivity (Wildman–Crippen MR) is 105 cm³/mol. The van der Waals surface area contributed by atoms with Gasteiger partial charge in [0.25, 0.3) is 0 Å². The normalized spacial score (nSPS) is 18.4. The molecule has 3 aromatic carbocycles. The van der Waals surface area contributed by atoms with Crippen molar-refractivity contribution in [2.75, 3.05) is 20.7 Å². The van der Waals surface area contributed by atoms with Gasteiger partial charge in [0.15, 0.2) is 0 Å². The van der Waals surface area contributed by atoms with Crippen LogP contribution in [0.4, 0.5) is 0 Å². The Hall–Kier alpha value is -2.32. The molecule has 2 heteroatoms. The van der Waals surface area contributed by atoms with Crippen LogP contribution >= 0.6 is 0 Å². The minimum atomic E-state index is 0.531. The van der Waals surface area contributed by atoms with Crippen LogP contribution in [0.15, 0.2) is 60.7 Å². The van der Waals surface area contributed by atoms with Gasteiger partial charge in [0, 0.05) is 6.04 Å². The molecule has 1 fully saturated rings. The van der Waals surface area contributed by atoms with E-state index in [1.54, 1.807) is 7.11 Å². The SMILES string of the molecule is COc1ccc(-c2ccc3cccc(C4CCCCN4C)c3c2)cc1. The first kappa shape index (κ1) is 16.2. The Morgan fingerprint density at radius 1 is 0.920 bits per heavy atom. The molecule has 0 N–H and O–H groups in total. The summed E-state index contributed by atoms with van der Waals surface area (Å²) in [6, 6.07) is 22.4. The first-order valence-corrected chi connectivity index (χ1v) is 9.13. The van der Waals surface area contributed by atoms with Gasteiger partial charge in [-0.3, -0.25) is 4.90 Å². The summed E-state index contributed by atoms with van der Waals surface area (Å²) in [5.74, 6) is 0.897. The summed E-state index contributed by atoms with van der Waals surface area (Å²) in [6.07, 6.45) is 3.89. The molecule has 1 atom stereocenters. The maximum absolute atomic E-state index is 5.28. The van der Waals surface area contributed by atoms with E-state index in [0.717, 1.165) is 5.75 Å². The van der Waals surface area contributed by atoms with Gasteiger partial charge in [0.2, 0.25) is 0 Å². The van der Waals surface area contributed by atoms with Crippen LogP contribution in [0.1, 0.15) is 30.9 Å². The molecule has 4 rings (SSSR count). The number of benzene rings is 3. The lowest BCUT2D eigenvalue weighted by molar-refractivity contribution is 0.188. The number of ether oxygens (including phenoxy) is 1. The zero-order valence-corrected chi connectivity index (χ0v) is 15.0. The Kier molecular flexibility index (Phi) is 4.46. The van der Waals surface area contributed by atoms with E-state index >= 15 is 0 Å². The van der Waals surface area contributed by atoms with Crippen LogP contribution < -0.4 is 4.74 Å². The van der Waals surface area contributed by atoms with E-state index in [2.05, 4.69) is 60.5 Å². The van der Waals surface area contributed by atoms with Gasteiger partial charge in [-0.2, -0.15) is 0 Å². The van der Waals surface area contributed by atoms with Crippen molar-refractivity contribution in [3.05, 3.63) is 66.2 Å². The van der Waals surface area contributed by atoms with Crippen LogP contribution in [0.5, 0.6) is 5.75 Å². The van der Waals surface area contributed by atoms with E-state index < -0.39 is 0 Å². The predicted octanol–water partition coefficient (Wildman–Crippen LogP) is 5.67. The fourth-order valence-electron chi connectivity index (χ4n) is 4.02. The Balaban J connectivity index is 1.79. The number of rotatable bonds is 3. The molecule has 0 saturated carbocycles. The van der Waals surface area contributed by atoms with Crippen LogP contribution in [-0.4, -0.2) is 25.6 Å². The number of methoxy groups -OCH3 is 1. The van der Waals surface area contributed by atoms with Crippen molar-refractivity contribution < 1.29 is 4.74 Å². The molecule has 1 saturated heterocycles. The van der Waals surface area contributed by atoms with Gasteiger partial charge >= 0.3 is 0 Å². The van der Waals surface area contributed by atoms with E-state index in [9.17, 15) is 0 Å². The molecule has 3 aromatic rings. The molecule has 1 unspecified atom stereocenters. The zero-order valence-electron chi connectivity index (χ0n) is 15.0. The zero-order chi connectivity index (χ0) is 17.2. The fraction of sp³-hybridized carbons (Fsp3) is 0.304. The third-order valence-electron chi connectivity index (χ3n) is 5.47. The van der Waals surface area contributed by atoms with E-state index in [1.165, 1.54) is 53.3 Å². The molecule has 0 spiro atoms. The van der Waals surface area contributed by atoms with Crippen LogP contribution in [0.25, 0.3) is 21.9 Å². The number of hydrogen-bond acceptors (Lipinski definition) is 2. The molecule has 1 aliphatic heterocycles. The second kappa shape index (κ2) is 6.89. The molecule has 128 valence electrons. The Labute approximate surface area is 150 Å². The molecule has 0 radical (unpaired) electrons. The summed E-state index contributed by atoms with van der Waals surface area (Å²) in [4.78, 5) is 2.51. The first-order valence-electron chi connectivity index (χ1n) is 9.13. The lowest BCUT2D eigenvalue weighted by atomic mass is 9.90. The Bertz CT molecular complexity index is 869. The molecular weight excluding hydrogens is 306 g/mol. The molecule has 0 aromatic heterocycles. The Morgan fingerprint density at radius 2 is 1.72 bits per heavy atom. The molecule has 0 bridgehead atoms.